The lowest BCUT2D eigenvalue weighted by atomic mass is 9.92. The molecule has 8 heavy (non-hydrogen) atoms. The molecule has 44 valence electrons. The van der Waals surface area contributed by atoms with E-state index in [9.17, 15) is 0 Å². The topological polar surface area (TPSA) is 18.5 Å². The zero-order valence-electron chi connectivity index (χ0n) is 4.96. The van der Waals surface area contributed by atoms with Crippen molar-refractivity contribution >= 4 is 7.12 Å². The highest BCUT2D eigenvalue weighted by atomic mass is 16.6. The van der Waals surface area contributed by atoms with Crippen LogP contribution in [0.2, 0.25) is 0 Å². The predicted octanol–water partition coefficient (Wildman–Crippen LogP) is 0.635. The Balaban J connectivity index is 2.32. The normalized spacial score (nSPS) is 28.6. The van der Waals surface area contributed by atoms with Gasteiger partial charge in [0, 0.05) is 0 Å². The van der Waals surface area contributed by atoms with E-state index in [1.54, 1.807) is 5.98 Å². The summed E-state index contributed by atoms with van der Waals surface area (Å²) in [5.41, 5.74) is 0. The lowest BCUT2D eigenvalue weighted by Crippen LogP contribution is -2.10. The molecule has 1 atom stereocenters. The van der Waals surface area contributed by atoms with Crippen LogP contribution in [-0.4, -0.2) is 19.8 Å². The van der Waals surface area contributed by atoms with Gasteiger partial charge in [0.1, 0.15) is 0 Å². The minimum atomic E-state index is -0.162. The highest BCUT2D eigenvalue weighted by molar-refractivity contribution is 6.51. The molecule has 0 aromatic rings. The SMILES string of the molecule is C=CB1OCC(C)O1. The molecule has 2 nitrogen and oxygen atoms in total. The summed E-state index contributed by atoms with van der Waals surface area (Å²) < 4.78 is 10.2. The largest absolute Gasteiger partial charge is 0.485 e. The van der Waals surface area contributed by atoms with Gasteiger partial charge < -0.3 is 9.31 Å². The molecule has 0 amide bonds. The lowest BCUT2D eigenvalue weighted by Gasteiger charge is -1.96. The number of hydrogen-bond donors (Lipinski definition) is 0. The first-order chi connectivity index (χ1) is 3.83. The van der Waals surface area contributed by atoms with Crippen molar-refractivity contribution in [1.82, 2.24) is 0 Å². The Kier molecular flexibility index (Phi) is 1.71. The van der Waals surface area contributed by atoms with Crippen LogP contribution in [0.25, 0.3) is 0 Å². The molecule has 0 saturated carbocycles. The Morgan fingerprint density at radius 1 is 1.88 bits per heavy atom. The lowest BCUT2D eigenvalue weighted by molar-refractivity contribution is 0.258. The van der Waals surface area contributed by atoms with Crippen molar-refractivity contribution < 1.29 is 9.31 Å². The van der Waals surface area contributed by atoms with Crippen LogP contribution in [0, 0.1) is 0 Å². The third-order valence-electron chi connectivity index (χ3n) is 1.05. The Labute approximate surface area is 49.6 Å². The van der Waals surface area contributed by atoms with Gasteiger partial charge in [-0.15, -0.1) is 6.58 Å². The second kappa shape index (κ2) is 2.33. The van der Waals surface area contributed by atoms with Crippen LogP contribution in [0.5, 0.6) is 0 Å². The van der Waals surface area contributed by atoms with Crippen molar-refractivity contribution in [3.63, 3.8) is 0 Å². The van der Waals surface area contributed by atoms with Gasteiger partial charge in [0.2, 0.25) is 0 Å². The summed E-state index contributed by atoms with van der Waals surface area (Å²) in [7, 11) is -0.162. The van der Waals surface area contributed by atoms with Crippen molar-refractivity contribution in [1.29, 1.82) is 0 Å². The molecule has 1 aliphatic rings. The fraction of sp³-hybridized carbons (Fsp3) is 0.600. The van der Waals surface area contributed by atoms with Crippen molar-refractivity contribution in [3.8, 4) is 0 Å². The van der Waals surface area contributed by atoms with Crippen LogP contribution >= 0.6 is 0 Å². The third kappa shape index (κ3) is 1.11. The highest BCUT2D eigenvalue weighted by Crippen LogP contribution is 2.06. The van der Waals surface area contributed by atoms with Crippen LogP contribution in [0.3, 0.4) is 0 Å². The fourth-order valence-corrected chi connectivity index (χ4v) is 0.661. The molecule has 0 aromatic carbocycles. The van der Waals surface area contributed by atoms with E-state index in [4.69, 9.17) is 9.31 Å². The van der Waals surface area contributed by atoms with Crippen molar-refractivity contribution in [2.45, 2.75) is 13.0 Å². The summed E-state index contributed by atoms with van der Waals surface area (Å²) in [5.74, 6) is 1.66. The molecular formula is C5H9BO2. The van der Waals surface area contributed by atoms with Gasteiger partial charge in [0.05, 0.1) is 12.7 Å². The maximum atomic E-state index is 5.17. The van der Waals surface area contributed by atoms with Crippen molar-refractivity contribution in [2.24, 2.45) is 0 Å². The summed E-state index contributed by atoms with van der Waals surface area (Å²) in [6.45, 7) is 6.19. The monoisotopic (exact) mass is 112 g/mol. The predicted molar refractivity (Wildman–Crippen MR) is 32.4 cm³/mol. The Bertz CT molecular complexity index is 94.4. The zero-order chi connectivity index (χ0) is 5.98. The van der Waals surface area contributed by atoms with E-state index in [0.29, 0.717) is 6.61 Å². The van der Waals surface area contributed by atoms with Crippen molar-refractivity contribution in [3.05, 3.63) is 12.6 Å². The molecule has 0 aromatic heterocycles. The molecule has 1 rings (SSSR count). The average Bonchev–Trinajstić information content (AvgIpc) is 2.14. The molecular weight excluding hydrogens is 103 g/mol. The summed E-state index contributed by atoms with van der Waals surface area (Å²) in [5, 5.41) is 0. The standard InChI is InChI=1S/C5H9BO2/c1-3-6-7-4-5(2)8-6/h3,5H,1,4H2,2H3. The molecule has 0 N–H and O–H groups in total. The molecule has 1 heterocycles. The molecule has 1 fully saturated rings. The highest BCUT2D eigenvalue weighted by Gasteiger charge is 2.24. The molecule has 1 unspecified atom stereocenters. The fourth-order valence-electron chi connectivity index (χ4n) is 0.661. The van der Waals surface area contributed by atoms with Gasteiger partial charge in [-0.3, -0.25) is 0 Å². The van der Waals surface area contributed by atoms with Gasteiger partial charge in [-0.05, 0) is 6.92 Å². The maximum Gasteiger partial charge on any atom is 0.485 e. The second-order valence-corrected chi connectivity index (χ2v) is 1.88. The van der Waals surface area contributed by atoms with Gasteiger partial charge in [0.15, 0.2) is 0 Å². The third-order valence-corrected chi connectivity index (χ3v) is 1.05. The van der Waals surface area contributed by atoms with Crippen LogP contribution < -0.4 is 0 Å². The van der Waals surface area contributed by atoms with Crippen LogP contribution in [0.4, 0.5) is 0 Å². The Hall–Kier alpha value is -0.275. The van der Waals surface area contributed by atoms with E-state index in [-0.39, 0.29) is 13.2 Å². The van der Waals surface area contributed by atoms with Gasteiger partial charge in [-0.25, -0.2) is 0 Å². The quantitative estimate of drug-likeness (QED) is 0.463. The zero-order valence-corrected chi connectivity index (χ0v) is 4.96. The first-order valence-electron chi connectivity index (χ1n) is 2.72. The van der Waals surface area contributed by atoms with E-state index >= 15 is 0 Å². The van der Waals surface area contributed by atoms with E-state index in [1.165, 1.54) is 0 Å². The van der Waals surface area contributed by atoms with Crippen LogP contribution in [-0.2, 0) is 9.31 Å². The van der Waals surface area contributed by atoms with Gasteiger partial charge in [0.25, 0.3) is 0 Å². The maximum absolute atomic E-state index is 5.17. The average molecular weight is 112 g/mol. The molecule has 0 bridgehead atoms. The minimum Gasteiger partial charge on any atom is -0.405 e. The molecule has 0 radical (unpaired) electrons. The summed E-state index contributed by atoms with van der Waals surface area (Å²) in [6.07, 6.45) is 0.234. The van der Waals surface area contributed by atoms with E-state index in [0.717, 1.165) is 0 Å². The smallest absolute Gasteiger partial charge is 0.405 e. The first-order valence-corrected chi connectivity index (χ1v) is 2.72. The molecule has 1 saturated heterocycles. The summed E-state index contributed by atoms with van der Waals surface area (Å²) >= 11 is 0. The number of rotatable bonds is 1. The van der Waals surface area contributed by atoms with E-state index < -0.39 is 0 Å². The van der Waals surface area contributed by atoms with E-state index in [2.05, 4.69) is 6.58 Å². The molecule has 3 heteroatoms. The molecule has 0 aliphatic carbocycles. The summed E-state index contributed by atoms with van der Waals surface area (Å²) in [6, 6.07) is 0. The Morgan fingerprint density at radius 2 is 2.62 bits per heavy atom. The molecule has 0 spiro atoms. The van der Waals surface area contributed by atoms with Gasteiger partial charge >= 0.3 is 7.12 Å². The Morgan fingerprint density at radius 3 is 2.88 bits per heavy atom. The van der Waals surface area contributed by atoms with Crippen LogP contribution in [0.1, 0.15) is 6.92 Å². The van der Waals surface area contributed by atoms with Gasteiger partial charge in [-0.2, -0.15) is 0 Å². The van der Waals surface area contributed by atoms with Gasteiger partial charge in [-0.1, -0.05) is 5.98 Å². The first kappa shape index (κ1) is 5.85. The van der Waals surface area contributed by atoms with Crippen molar-refractivity contribution in [2.75, 3.05) is 6.61 Å². The number of hydrogen-bond acceptors (Lipinski definition) is 2. The summed E-state index contributed by atoms with van der Waals surface area (Å²) in [4.78, 5) is 0. The van der Waals surface area contributed by atoms with E-state index in [1.807, 2.05) is 6.92 Å². The minimum absolute atomic E-state index is 0.162. The second-order valence-electron chi connectivity index (χ2n) is 1.88. The van der Waals surface area contributed by atoms with Crippen LogP contribution in [0.15, 0.2) is 12.6 Å². The molecule has 1 aliphatic heterocycles.